The molecule has 8 nitrogen and oxygen atoms in total. The Bertz CT molecular complexity index is 1190. The van der Waals surface area contributed by atoms with E-state index in [1.807, 2.05) is 6.07 Å². The van der Waals surface area contributed by atoms with Crippen molar-refractivity contribution in [1.82, 2.24) is 5.27 Å². The fourth-order valence-electron chi connectivity index (χ4n) is 2.76. The van der Waals surface area contributed by atoms with E-state index in [0.29, 0.717) is 16.4 Å². The zero-order chi connectivity index (χ0) is 21.8. The average molecular weight is 437 g/mol. The van der Waals surface area contributed by atoms with Crippen molar-refractivity contribution in [3.05, 3.63) is 77.9 Å². The number of aliphatic imine (C=N–C) groups is 2. The van der Waals surface area contributed by atoms with Gasteiger partial charge < -0.3 is 5.11 Å². The molecule has 1 amide bonds. The molecule has 10 heteroatoms. The molecule has 0 bridgehead atoms. The summed E-state index contributed by atoms with van der Waals surface area (Å²) in [4.78, 5) is 22.7. The van der Waals surface area contributed by atoms with Crippen molar-refractivity contribution < 1.29 is 23.5 Å². The van der Waals surface area contributed by atoms with E-state index in [1.54, 1.807) is 49.5 Å². The predicted molar refractivity (Wildman–Crippen MR) is 113 cm³/mol. The van der Waals surface area contributed by atoms with E-state index in [4.69, 9.17) is 4.52 Å². The molecular formula is C21H16FN5O3S. The second kappa shape index (κ2) is 8.92. The maximum atomic E-state index is 13.2. The number of hydrogen-bond acceptors (Lipinski definition) is 7. The molecule has 0 atom stereocenters. The lowest BCUT2D eigenvalue weighted by molar-refractivity contribution is -0.739. The number of amidine groups is 1. The first-order valence-electron chi connectivity index (χ1n) is 9.15. The molecule has 0 spiro atoms. The molecule has 0 aliphatic carbocycles. The quantitative estimate of drug-likeness (QED) is 0.264. The molecule has 1 aromatic heterocycles. The standard InChI is InChI=1S/C21H16FN5O3S/c1-26-12-19(30-25-26)24-18(28)13-31-21-23-17(11-14-7-9-15(22)10-8-14)20(29)27(21)16-5-3-2-4-6-16/h2-12H,13H2,1H3/b17-11+. The van der Waals surface area contributed by atoms with Crippen LogP contribution in [-0.4, -0.2) is 28.0 Å². The first-order valence-corrected chi connectivity index (χ1v) is 10.1. The van der Waals surface area contributed by atoms with Crippen LogP contribution in [0, 0.1) is 5.82 Å². The van der Waals surface area contributed by atoms with Crippen LogP contribution in [0.2, 0.25) is 0 Å². The van der Waals surface area contributed by atoms with E-state index in [1.165, 1.54) is 27.9 Å². The molecular weight excluding hydrogens is 421 g/mol. The van der Waals surface area contributed by atoms with Gasteiger partial charge in [0.25, 0.3) is 12.1 Å². The van der Waals surface area contributed by atoms with Gasteiger partial charge in [0, 0.05) is 5.75 Å². The summed E-state index contributed by atoms with van der Waals surface area (Å²) < 4.78 is 19.5. The van der Waals surface area contributed by atoms with Gasteiger partial charge in [-0.3, -0.25) is 14.2 Å². The van der Waals surface area contributed by atoms with Crippen LogP contribution in [0.15, 0.2) is 81.0 Å². The molecule has 2 heterocycles. The summed E-state index contributed by atoms with van der Waals surface area (Å²) in [5.74, 6) is -1.13. The summed E-state index contributed by atoms with van der Waals surface area (Å²) in [6.45, 7) is 0. The van der Waals surface area contributed by atoms with Gasteiger partial charge in [0.05, 0.1) is 5.69 Å². The van der Waals surface area contributed by atoms with E-state index in [9.17, 15) is 14.3 Å². The molecule has 31 heavy (non-hydrogen) atoms. The van der Waals surface area contributed by atoms with Gasteiger partial charge in [0.1, 0.15) is 11.5 Å². The molecule has 0 N–H and O–H groups in total. The fraction of sp³-hybridized carbons (Fsp3) is 0.0952. The van der Waals surface area contributed by atoms with Crippen molar-refractivity contribution in [2.24, 2.45) is 17.0 Å². The van der Waals surface area contributed by atoms with Crippen molar-refractivity contribution in [3.8, 4) is 0 Å². The number of anilines is 1. The van der Waals surface area contributed by atoms with Crippen molar-refractivity contribution in [1.29, 1.82) is 0 Å². The van der Waals surface area contributed by atoms with Crippen LogP contribution in [0.25, 0.3) is 6.08 Å². The van der Waals surface area contributed by atoms with Crippen LogP contribution in [-0.2, 0) is 11.8 Å². The van der Waals surface area contributed by atoms with Gasteiger partial charge in [-0.05, 0) is 41.8 Å². The Balaban J connectivity index is 1.60. The maximum absolute atomic E-state index is 13.2. The van der Waals surface area contributed by atoms with Gasteiger partial charge >= 0.3 is 5.88 Å². The zero-order valence-corrected chi connectivity index (χ0v) is 17.1. The number of nitrogens with zero attached hydrogens (tertiary/aromatic N) is 5. The minimum Gasteiger partial charge on any atom is -0.861 e. The zero-order valence-electron chi connectivity index (χ0n) is 16.3. The summed E-state index contributed by atoms with van der Waals surface area (Å²) in [7, 11) is 1.65. The highest BCUT2D eigenvalue weighted by atomic mass is 32.2. The number of hydrogen-bond donors (Lipinski definition) is 0. The number of halogens is 1. The van der Waals surface area contributed by atoms with Crippen LogP contribution in [0.1, 0.15) is 5.56 Å². The van der Waals surface area contributed by atoms with Crippen molar-refractivity contribution in [3.63, 3.8) is 0 Å². The number of carbonyl (C=O) groups excluding carboxylic acids is 1. The number of aryl methyl sites for hydroxylation is 1. The Kier molecular flexibility index (Phi) is 5.89. The molecule has 1 aliphatic heterocycles. The molecule has 3 aromatic rings. The van der Waals surface area contributed by atoms with Gasteiger partial charge in [0.2, 0.25) is 0 Å². The Hall–Kier alpha value is -3.79. The van der Waals surface area contributed by atoms with Crippen molar-refractivity contribution in [2.45, 2.75) is 0 Å². The molecule has 1 aliphatic rings. The first-order chi connectivity index (χ1) is 15.0. The smallest absolute Gasteiger partial charge is 0.320 e. The molecule has 0 fully saturated rings. The monoisotopic (exact) mass is 437 g/mol. The van der Waals surface area contributed by atoms with Gasteiger partial charge in [-0.15, -0.1) is 0 Å². The normalized spacial score (nSPS) is 15.6. The molecule has 0 saturated carbocycles. The second-order valence-corrected chi connectivity index (χ2v) is 7.40. The Morgan fingerprint density at radius 2 is 2.00 bits per heavy atom. The second-order valence-electron chi connectivity index (χ2n) is 6.46. The maximum Gasteiger partial charge on any atom is 0.320 e. The number of carbonyl (C=O) groups is 1. The predicted octanol–water partition coefficient (Wildman–Crippen LogP) is 2.21. The van der Waals surface area contributed by atoms with Gasteiger partial charge in [-0.25, -0.2) is 14.4 Å². The summed E-state index contributed by atoms with van der Waals surface area (Å²) in [5.41, 5.74) is 1.44. The number of rotatable bonds is 5. The molecule has 156 valence electrons. The number of benzene rings is 2. The number of thioether (sulfide) groups is 1. The summed E-state index contributed by atoms with van der Waals surface area (Å²) >= 11 is 1.08. The first kappa shape index (κ1) is 20.5. The fourth-order valence-corrected chi connectivity index (χ4v) is 3.56. The third-order valence-corrected chi connectivity index (χ3v) is 5.06. The Labute approximate surface area is 181 Å². The largest absolute Gasteiger partial charge is 0.861 e. The lowest BCUT2D eigenvalue weighted by atomic mass is 10.2. The topological polar surface area (TPSA) is 98.0 Å². The Morgan fingerprint density at radius 3 is 2.68 bits per heavy atom. The lowest BCUT2D eigenvalue weighted by Crippen LogP contribution is -2.31. The SMILES string of the molecule is C[n+]1cc(/N=C(/[O-])CSC2=N/C(=C/c3ccc(F)cc3)C(=O)N2c2ccccc2)on1. The third-order valence-electron chi connectivity index (χ3n) is 4.14. The van der Waals surface area contributed by atoms with Gasteiger partial charge in [0.15, 0.2) is 17.5 Å². The molecule has 4 rings (SSSR count). The van der Waals surface area contributed by atoms with Crippen molar-refractivity contribution in [2.75, 3.05) is 10.7 Å². The van der Waals surface area contributed by atoms with Gasteiger partial charge in [-0.1, -0.05) is 46.8 Å². The van der Waals surface area contributed by atoms with Crippen LogP contribution in [0.4, 0.5) is 16.0 Å². The lowest BCUT2D eigenvalue weighted by Gasteiger charge is -2.18. The highest BCUT2D eigenvalue weighted by Crippen LogP contribution is 2.29. The molecule has 0 saturated heterocycles. The van der Waals surface area contributed by atoms with Crippen molar-refractivity contribution >= 4 is 46.4 Å². The van der Waals surface area contributed by atoms with E-state index in [2.05, 4.69) is 15.3 Å². The minimum absolute atomic E-state index is 0.0519. The van der Waals surface area contributed by atoms with Crippen LogP contribution >= 0.6 is 11.8 Å². The average Bonchev–Trinajstić information content (AvgIpc) is 3.31. The summed E-state index contributed by atoms with van der Waals surface area (Å²) in [6.07, 6.45) is 3.05. The Morgan fingerprint density at radius 1 is 1.26 bits per heavy atom. The molecule has 2 aromatic carbocycles. The van der Waals surface area contributed by atoms with Crippen LogP contribution in [0.5, 0.6) is 0 Å². The highest BCUT2D eigenvalue weighted by Gasteiger charge is 2.31. The van der Waals surface area contributed by atoms with E-state index in [-0.39, 0.29) is 29.1 Å². The third kappa shape index (κ3) is 4.86. The molecule has 0 unspecified atom stereocenters. The van der Waals surface area contributed by atoms with E-state index < -0.39 is 5.90 Å². The summed E-state index contributed by atoms with van der Waals surface area (Å²) in [6, 6.07) is 14.7. The van der Waals surface area contributed by atoms with Gasteiger partial charge in [-0.2, -0.15) is 0 Å². The van der Waals surface area contributed by atoms with E-state index in [0.717, 1.165) is 11.8 Å². The highest BCUT2D eigenvalue weighted by molar-refractivity contribution is 8.14. The molecule has 0 radical (unpaired) electrons. The number of aromatic nitrogens is 2. The minimum atomic E-state index is -0.458. The van der Waals surface area contributed by atoms with Crippen LogP contribution < -0.4 is 14.7 Å². The van der Waals surface area contributed by atoms with Crippen LogP contribution in [0.3, 0.4) is 0 Å². The number of amides is 1. The summed E-state index contributed by atoms with van der Waals surface area (Å²) in [5, 5.41) is 16.2. The number of para-hydroxylation sites is 1. The van der Waals surface area contributed by atoms with E-state index >= 15 is 0 Å².